The van der Waals surface area contributed by atoms with Crippen LogP contribution < -0.4 is 15.1 Å². The molecule has 0 aliphatic rings. The first kappa shape index (κ1) is 16.6. The predicted octanol–water partition coefficient (Wildman–Crippen LogP) is 3.16. The fraction of sp³-hybridized carbons (Fsp3) is 0.294. The lowest BCUT2D eigenvalue weighted by Crippen LogP contribution is -2.07. The Labute approximate surface area is 132 Å². The second-order valence-electron chi connectivity index (χ2n) is 4.84. The largest absolute Gasteiger partial charge is 0.499 e. The minimum atomic E-state index is -0.975. The number of carbonyl (C=O) groups excluding carboxylic acids is 1. The standard InChI is InChI=1S/C17H18O6/c1-3-4-5-6-9-21-12-7-8-13-14(10-12)23-17(20)15(19)16(13)22-11(2)18/h4-5,7-8,10,19H,3,6,9H2,1-2H3/b5-4+. The summed E-state index contributed by atoms with van der Waals surface area (Å²) in [6, 6.07) is 4.73. The maximum Gasteiger partial charge on any atom is 0.382 e. The average Bonchev–Trinajstić information content (AvgIpc) is 2.51. The summed E-state index contributed by atoms with van der Waals surface area (Å²) in [6.45, 7) is 3.72. The topological polar surface area (TPSA) is 86.0 Å². The SMILES string of the molecule is CC/C=C/CCOc1ccc2c(OC(C)=O)c(O)c(=O)oc2c1. The highest BCUT2D eigenvalue weighted by molar-refractivity contribution is 5.89. The van der Waals surface area contributed by atoms with E-state index in [2.05, 4.69) is 13.0 Å². The molecule has 122 valence electrons. The number of carbonyl (C=O) groups is 1. The molecule has 6 nitrogen and oxygen atoms in total. The van der Waals surface area contributed by atoms with Crippen LogP contribution in [0.1, 0.15) is 26.7 Å². The highest BCUT2D eigenvalue weighted by Crippen LogP contribution is 2.33. The Hall–Kier alpha value is -2.76. The average molecular weight is 318 g/mol. The van der Waals surface area contributed by atoms with Gasteiger partial charge in [-0.25, -0.2) is 4.79 Å². The summed E-state index contributed by atoms with van der Waals surface area (Å²) in [7, 11) is 0. The summed E-state index contributed by atoms with van der Waals surface area (Å²) < 4.78 is 15.5. The smallest absolute Gasteiger partial charge is 0.382 e. The minimum absolute atomic E-state index is 0.172. The molecule has 0 amide bonds. The Balaban J connectivity index is 2.29. The predicted molar refractivity (Wildman–Crippen MR) is 85.0 cm³/mol. The molecule has 0 saturated carbocycles. The molecule has 2 aromatic rings. The van der Waals surface area contributed by atoms with Gasteiger partial charge in [-0.05, 0) is 25.0 Å². The van der Waals surface area contributed by atoms with Crippen LogP contribution in [-0.4, -0.2) is 17.7 Å². The first-order chi connectivity index (χ1) is 11.0. The fourth-order valence-electron chi connectivity index (χ4n) is 2.01. The zero-order valence-electron chi connectivity index (χ0n) is 13.0. The van der Waals surface area contributed by atoms with Gasteiger partial charge in [0.15, 0.2) is 5.75 Å². The van der Waals surface area contributed by atoms with E-state index in [0.717, 1.165) is 12.8 Å². The second-order valence-corrected chi connectivity index (χ2v) is 4.84. The Bertz CT molecular complexity index is 788. The number of rotatable bonds is 6. The lowest BCUT2D eigenvalue weighted by Gasteiger charge is -2.09. The van der Waals surface area contributed by atoms with Crippen LogP contribution in [0.15, 0.2) is 39.6 Å². The number of aromatic hydroxyl groups is 1. The molecular weight excluding hydrogens is 300 g/mol. The molecule has 0 radical (unpaired) electrons. The van der Waals surface area contributed by atoms with Gasteiger partial charge in [0, 0.05) is 13.0 Å². The summed E-state index contributed by atoms with van der Waals surface area (Å²) in [5.41, 5.74) is -0.803. The number of allylic oxidation sites excluding steroid dienone is 1. The minimum Gasteiger partial charge on any atom is -0.499 e. The van der Waals surface area contributed by atoms with Crippen molar-refractivity contribution in [3.63, 3.8) is 0 Å². The summed E-state index contributed by atoms with van der Waals surface area (Å²) in [6.07, 6.45) is 5.82. The van der Waals surface area contributed by atoms with E-state index in [4.69, 9.17) is 13.9 Å². The van der Waals surface area contributed by atoms with Crippen LogP contribution in [0, 0.1) is 0 Å². The lowest BCUT2D eigenvalue weighted by molar-refractivity contribution is -0.131. The molecule has 6 heteroatoms. The molecule has 0 aliphatic carbocycles. The zero-order valence-corrected chi connectivity index (χ0v) is 13.0. The molecule has 0 aliphatic heterocycles. The van der Waals surface area contributed by atoms with Crippen molar-refractivity contribution in [3.05, 3.63) is 40.8 Å². The van der Waals surface area contributed by atoms with Crippen LogP contribution in [0.4, 0.5) is 0 Å². The van der Waals surface area contributed by atoms with Crippen molar-refractivity contribution in [1.29, 1.82) is 0 Å². The number of benzene rings is 1. The van der Waals surface area contributed by atoms with Gasteiger partial charge in [0.2, 0.25) is 5.75 Å². The van der Waals surface area contributed by atoms with E-state index in [-0.39, 0.29) is 11.3 Å². The van der Waals surface area contributed by atoms with Crippen molar-refractivity contribution in [2.75, 3.05) is 6.61 Å². The number of hydrogen-bond donors (Lipinski definition) is 1. The van der Waals surface area contributed by atoms with Gasteiger partial charge in [-0.2, -0.15) is 0 Å². The molecule has 23 heavy (non-hydrogen) atoms. The van der Waals surface area contributed by atoms with Crippen molar-refractivity contribution >= 4 is 16.9 Å². The van der Waals surface area contributed by atoms with Crippen molar-refractivity contribution in [1.82, 2.24) is 0 Å². The monoisotopic (exact) mass is 318 g/mol. The summed E-state index contributed by atoms with van der Waals surface area (Å²) in [5, 5.41) is 10.0. The van der Waals surface area contributed by atoms with E-state index in [0.29, 0.717) is 17.7 Å². The number of esters is 1. The van der Waals surface area contributed by atoms with Crippen LogP contribution in [-0.2, 0) is 4.79 Å². The Morgan fingerprint density at radius 2 is 2.13 bits per heavy atom. The van der Waals surface area contributed by atoms with E-state index in [1.54, 1.807) is 12.1 Å². The van der Waals surface area contributed by atoms with Crippen molar-refractivity contribution in [3.8, 4) is 17.2 Å². The Morgan fingerprint density at radius 3 is 2.83 bits per heavy atom. The van der Waals surface area contributed by atoms with Crippen molar-refractivity contribution in [2.24, 2.45) is 0 Å². The molecule has 1 N–H and O–H groups in total. The summed E-state index contributed by atoms with van der Waals surface area (Å²) in [5.74, 6) is -1.06. The third-order valence-electron chi connectivity index (χ3n) is 3.01. The third-order valence-corrected chi connectivity index (χ3v) is 3.01. The summed E-state index contributed by atoms with van der Waals surface area (Å²) >= 11 is 0. The van der Waals surface area contributed by atoms with Gasteiger partial charge >= 0.3 is 11.6 Å². The number of fused-ring (bicyclic) bond motifs is 1. The molecule has 0 spiro atoms. The molecule has 0 unspecified atom stereocenters. The van der Waals surface area contributed by atoms with Gasteiger partial charge in [-0.3, -0.25) is 4.79 Å². The van der Waals surface area contributed by atoms with Crippen LogP contribution in [0.25, 0.3) is 11.0 Å². The van der Waals surface area contributed by atoms with Crippen LogP contribution in [0.3, 0.4) is 0 Å². The van der Waals surface area contributed by atoms with E-state index >= 15 is 0 Å². The molecule has 0 saturated heterocycles. The van der Waals surface area contributed by atoms with Crippen LogP contribution in [0.2, 0.25) is 0 Å². The van der Waals surface area contributed by atoms with Crippen molar-refractivity contribution < 1.29 is 23.8 Å². The van der Waals surface area contributed by atoms with E-state index in [9.17, 15) is 14.7 Å². The van der Waals surface area contributed by atoms with Gasteiger partial charge in [-0.1, -0.05) is 19.1 Å². The second kappa shape index (κ2) is 7.49. The molecule has 1 aromatic heterocycles. The van der Waals surface area contributed by atoms with Crippen molar-refractivity contribution in [2.45, 2.75) is 26.7 Å². The van der Waals surface area contributed by atoms with Gasteiger partial charge in [-0.15, -0.1) is 0 Å². The fourth-order valence-corrected chi connectivity index (χ4v) is 2.01. The maximum atomic E-state index is 11.6. The van der Waals surface area contributed by atoms with Crippen LogP contribution >= 0.6 is 0 Å². The van der Waals surface area contributed by atoms with Gasteiger partial charge < -0.3 is 19.0 Å². The van der Waals surface area contributed by atoms with Gasteiger partial charge in [0.05, 0.1) is 12.0 Å². The quantitative estimate of drug-likeness (QED) is 0.381. The molecule has 0 fully saturated rings. The number of hydrogen-bond acceptors (Lipinski definition) is 6. The Morgan fingerprint density at radius 1 is 1.35 bits per heavy atom. The molecule has 1 aromatic carbocycles. The molecular formula is C17H18O6. The lowest BCUT2D eigenvalue weighted by atomic mass is 10.2. The van der Waals surface area contributed by atoms with E-state index < -0.39 is 17.3 Å². The molecule has 2 rings (SSSR count). The normalized spacial score (nSPS) is 11.0. The maximum absolute atomic E-state index is 11.6. The Kier molecular flexibility index (Phi) is 5.41. The zero-order chi connectivity index (χ0) is 16.8. The highest BCUT2D eigenvalue weighted by Gasteiger charge is 2.17. The van der Waals surface area contributed by atoms with Gasteiger partial charge in [0.25, 0.3) is 0 Å². The molecule has 0 atom stereocenters. The molecule has 0 bridgehead atoms. The summed E-state index contributed by atoms with van der Waals surface area (Å²) in [4.78, 5) is 22.7. The van der Waals surface area contributed by atoms with Gasteiger partial charge in [0.1, 0.15) is 11.3 Å². The first-order valence-corrected chi connectivity index (χ1v) is 7.29. The van der Waals surface area contributed by atoms with Crippen LogP contribution in [0.5, 0.6) is 17.2 Å². The highest BCUT2D eigenvalue weighted by atomic mass is 16.5. The molecule has 1 heterocycles. The van der Waals surface area contributed by atoms with E-state index in [1.165, 1.54) is 13.0 Å². The van der Waals surface area contributed by atoms with E-state index in [1.807, 2.05) is 6.08 Å². The third kappa shape index (κ3) is 4.12. The number of ether oxygens (including phenoxy) is 2. The first-order valence-electron chi connectivity index (χ1n) is 7.29.